The molecular formula is C22H18ClFN2O3S. The SMILES string of the molecule is COc1ccc(N2Sc3ccccc3N(Cc3ccc(Cl)cc3F)C2=O)cc1OC. The number of hydrogen-bond donors (Lipinski definition) is 0. The molecule has 4 rings (SSSR count). The van der Waals surface area contributed by atoms with Gasteiger partial charge >= 0.3 is 6.03 Å². The highest BCUT2D eigenvalue weighted by atomic mass is 35.5. The normalized spacial score (nSPS) is 13.3. The average molecular weight is 445 g/mol. The molecule has 30 heavy (non-hydrogen) atoms. The summed E-state index contributed by atoms with van der Waals surface area (Å²) in [6, 6.07) is 16.9. The van der Waals surface area contributed by atoms with E-state index in [0.29, 0.717) is 27.8 Å². The van der Waals surface area contributed by atoms with Crippen molar-refractivity contribution in [3.05, 3.63) is 77.1 Å². The first-order valence-electron chi connectivity index (χ1n) is 9.06. The van der Waals surface area contributed by atoms with Gasteiger partial charge in [-0.25, -0.2) is 13.5 Å². The molecule has 0 atom stereocenters. The van der Waals surface area contributed by atoms with Crippen LogP contribution in [0, 0.1) is 5.82 Å². The third kappa shape index (κ3) is 3.78. The summed E-state index contributed by atoms with van der Waals surface area (Å²) in [5, 5.41) is 0.309. The van der Waals surface area contributed by atoms with Crippen LogP contribution in [0.25, 0.3) is 0 Å². The van der Waals surface area contributed by atoms with Crippen LogP contribution >= 0.6 is 23.5 Å². The van der Waals surface area contributed by atoms with E-state index >= 15 is 0 Å². The Bertz CT molecular complexity index is 1110. The van der Waals surface area contributed by atoms with Crippen LogP contribution in [0.3, 0.4) is 0 Å². The van der Waals surface area contributed by atoms with Crippen LogP contribution in [-0.2, 0) is 6.54 Å². The molecule has 0 saturated heterocycles. The molecule has 0 aromatic heterocycles. The van der Waals surface area contributed by atoms with E-state index in [0.717, 1.165) is 10.6 Å². The van der Waals surface area contributed by atoms with E-state index in [4.69, 9.17) is 21.1 Å². The van der Waals surface area contributed by atoms with E-state index in [9.17, 15) is 9.18 Å². The van der Waals surface area contributed by atoms with E-state index < -0.39 is 5.82 Å². The zero-order valence-corrected chi connectivity index (χ0v) is 17.8. The molecule has 0 fully saturated rings. The summed E-state index contributed by atoms with van der Waals surface area (Å²) in [6.07, 6.45) is 0. The molecule has 1 aliphatic heterocycles. The number of nitrogens with zero attached hydrogens (tertiary/aromatic N) is 2. The number of fused-ring (bicyclic) bond motifs is 1. The maximum atomic E-state index is 14.4. The number of benzene rings is 3. The maximum Gasteiger partial charge on any atom is 0.339 e. The van der Waals surface area contributed by atoms with Gasteiger partial charge in [-0.2, -0.15) is 0 Å². The van der Waals surface area contributed by atoms with E-state index in [1.165, 1.54) is 25.1 Å². The van der Waals surface area contributed by atoms with Crippen LogP contribution in [0.5, 0.6) is 11.5 Å². The minimum Gasteiger partial charge on any atom is -0.493 e. The fraction of sp³-hybridized carbons (Fsp3) is 0.136. The number of ether oxygens (including phenoxy) is 2. The number of amides is 2. The summed E-state index contributed by atoms with van der Waals surface area (Å²) in [5.41, 5.74) is 1.72. The molecule has 1 heterocycles. The van der Waals surface area contributed by atoms with Gasteiger partial charge < -0.3 is 9.47 Å². The predicted octanol–water partition coefficient (Wildman–Crippen LogP) is 6.15. The van der Waals surface area contributed by atoms with Gasteiger partial charge in [-0.3, -0.25) is 4.90 Å². The zero-order chi connectivity index (χ0) is 21.3. The molecule has 0 radical (unpaired) electrons. The summed E-state index contributed by atoms with van der Waals surface area (Å²) in [4.78, 5) is 15.9. The number of carbonyl (C=O) groups is 1. The van der Waals surface area contributed by atoms with E-state index in [1.807, 2.05) is 24.3 Å². The monoisotopic (exact) mass is 444 g/mol. The number of urea groups is 1. The average Bonchev–Trinajstić information content (AvgIpc) is 2.76. The van der Waals surface area contributed by atoms with Gasteiger partial charge in [0, 0.05) is 16.7 Å². The minimum absolute atomic E-state index is 0.0726. The number of halogens is 2. The molecule has 0 aliphatic carbocycles. The molecule has 0 saturated carbocycles. The van der Waals surface area contributed by atoms with Gasteiger partial charge in [-0.05, 0) is 48.3 Å². The first-order valence-corrected chi connectivity index (χ1v) is 10.2. The Morgan fingerprint density at radius 1 is 1.00 bits per heavy atom. The molecule has 0 N–H and O–H groups in total. The zero-order valence-electron chi connectivity index (χ0n) is 16.3. The summed E-state index contributed by atoms with van der Waals surface area (Å²) >= 11 is 7.17. The molecule has 2 amide bonds. The summed E-state index contributed by atoms with van der Waals surface area (Å²) in [5.74, 6) is 0.623. The first-order chi connectivity index (χ1) is 14.5. The molecule has 0 spiro atoms. The molecule has 0 bridgehead atoms. The van der Waals surface area contributed by atoms with Crippen molar-refractivity contribution in [2.75, 3.05) is 23.4 Å². The lowest BCUT2D eigenvalue weighted by atomic mass is 10.2. The van der Waals surface area contributed by atoms with Crippen LogP contribution in [0.4, 0.5) is 20.6 Å². The molecule has 154 valence electrons. The number of para-hydroxylation sites is 1. The Hall–Kier alpha value is -2.90. The summed E-state index contributed by atoms with van der Waals surface area (Å²) < 4.78 is 26.7. The van der Waals surface area contributed by atoms with Crippen molar-refractivity contribution in [3.63, 3.8) is 0 Å². The van der Waals surface area contributed by atoms with E-state index in [-0.39, 0.29) is 12.6 Å². The van der Waals surface area contributed by atoms with Crippen molar-refractivity contribution >= 4 is 41.0 Å². The highest BCUT2D eigenvalue weighted by Crippen LogP contribution is 2.43. The van der Waals surface area contributed by atoms with Crippen molar-refractivity contribution in [1.82, 2.24) is 0 Å². The van der Waals surface area contributed by atoms with Crippen molar-refractivity contribution in [3.8, 4) is 11.5 Å². The summed E-state index contributed by atoms with van der Waals surface area (Å²) in [6.45, 7) is 0.0726. The van der Waals surface area contributed by atoms with Gasteiger partial charge in [0.15, 0.2) is 11.5 Å². The second-order valence-electron chi connectivity index (χ2n) is 6.50. The number of methoxy groups -OCH3 is 2. The van der Waals surface area contributed by atoms with Gasteiger partial charge in [0.1, 0.15) is 5.82 Å². The number of rotatable bonds is 5. The number of hydrogen-bond acceptors (Lipinski definition) is 4. The molecular weight excluding hydrogens is 427 g/mol. The third-order valence-electron chi connectivity index (χ3n) is 4.70. The fourth-order valence-corrected chi connectivity index (χ4v) is 4.36. The van der Waals surface area contributed by atoms with E-state index in [1.54, 1.807) is 46.6 Å². The molecule has 3 aromatic rings. The molecule has 3 aromatic carbocycles. The van der Waals surface area contributed by atoms with Gasteiger partial charge in [0.2, 0.25) is 0 Å². The molecule has 5 nitrogen and oxygen atoms in total. The van der Waals surface area contributed by atoms with Crippen LogP contribution < -0.4 is 18.7 Å². The Kier molecular flexibility index (Phi) is 5.74. The highest BCUT2D eigenvalue weighted by Gasteiger charge is 2.33. The number of anilines is 2. The largest absolute Gasteiger partial charge is 0.493 e. The quantitative estimate of drug-likeness (QED) is 0.442. The van der Waals surface area contributed by atoms with Crippen LogP contribution in [-0.4, -0.2) is 20.3 Å². The van der Waals surface area contributed by atoms with Crippen molar-refractivity contribution in [2.45, 2.75) is 11.4 Å². The topological polar surface area (TPSA) is 42.0 Å². The van der Waals surface area contributed by atoms with Crippen LogP contribution in [0.2, 0.25) is 5.02 Å². The Morgan fingerprint density at radius 2 is 1.77 bits per heavy atom. The highest BCUT2D eigenvalue weighted by molar-refractivity contribution is 8.01. The van der Waals surface area contributed by atoms with Crippen molar-refractivity contribution in [2.24, 2.45) is 0 Å². The molecule has 0 unspecified atom stereocenters. The maximum absolute atomic E-state index is 14.4. The first kappa shape index (κ1) is 20.4. The van der Waals surface area contributed by atoms with Crippen molar-refractivity contribution in [1.29, 1.82) is 0 Å². The lowest BCUT2D eigenvalue weighted by molar-refractivity contribution is 0.254. The molecule has 8 heteroatoms. The lowest BCUT2D eigenvalue weighted by Gasteiger charge is -2.36. The van der Waals surface area contributed by atoms with E-state index in [2.05, 4.69) is 0 Å². The second-order valence-corrected chi connectivity index (χ2v) is 7.92. The van der Waals surface area contributed by atoms with Gasteiger partial charge in [-0.1, -0.05) is 29.8 Å². The van der Waals surface area contributed by atoms with Gasteiger partial charge in [-0.15, -0.1) is 0 Å². The van der Waals surface area contributed by atoms with Crippen LogP contribution in [0.1, 0.15) is 5.56 Å². The van der Waals surface area contributed by atoms with Gasteiger partial charge in [0.05, 0.1) is 37.0 Å². The standard InChI is InChI=1S/C22H18ClFN2O3S/c1-28-19-10-9-16(12-20(19)29-2)26-22(27)25(18-5-3-4-6-21(18)30-26)13-14-7-8-15(23)11-17(14)24/h3-12H,13H2,1-2H3. The van der Waals surface area contributed by atoms with Crippen molar-refractivity contribution < 1.29 is 18.7 Å². The lowest BCUT2D eigenvalue weighted by Crippen LogP contribution is -2.43. The third-order valence-corrected chi connectivity index (χ3v) is 6.02. The Labute approximate surface area is 183 Å². The second kappa shape index (κ2) is 8.45. The summed E-state index contributed by atoms with van der Waals surface area (Å²) in [7, 11) is 3.09. The fourth-order valence-electron chi connectivity index (χ4n) is 3.19. The Morgan fingerprint density at radius 3 is 2.50 bits per heavy atom. The van der Waals surface area contributed by atoms with Gasteiger partial charge in [0.25, 0.3) is 0 Å². The molecule has 1 aliphatic rings. The predicted molar refractivity (Wildman–Crippen MR) is 117 cm³/mol. The minimum atomic E-state index is -0.455. The number of carbonyl (C=O) groups excluding carboxylic acids is 1. The smallest absolute Gasteiger partial charge is 0.339 e. The Balaban J connectivity index is 1.74. The van der Waals surface area contributed by atoms with Crippen LogP contribution in [0.15, 0.2) is 65.6 Å².